The van der Waals surface area contributed by atoms with E-state index in [2.05, 4.69) is 115 Å². The van der Waals surface area contributed by atoms with Crippen LogP contribution in [-0.2, 0) is 0 Å². The van der Waals surface area contributed by atoms with Gasteiger partial charge in [-0.1, -0.05) is 66.7 Å². The van der Waals surface area contributed by atoms with Crippen molar-refractivity contribution in [2.45, 2.75) is 0 Å². The first kappa shape index (κ1) is 24.5. The smallest absolute Gasteiger partial charge is 0.0998 e. The number of thiophene rings is 2. The SMILES string of the molecule is N#Cc1cccc(C#N)c1-c1cc(-c2ccc3sc4ccccc4c3c2)ccc1-c1ccc2sc3ccccc3c2c1. The third-order valence-electron chi connectivity index (χ3n) is 7.99. The Bertz CT molecular complexity index is 2410. The lowest BCUT2D eigenvalue weighted by Crippen LogP contribution is -1.94. The van der Waals surface area contributed by atoms with Gasteiger partial charge in [-0.2, -0.15) is 10.5 Å². The first-order valence-electron chi connectivity index (χ1n) is 13.6. The monoisotopic (exact) mass is 568 g/mol. The van der Waals surface area contributed by atoms with Crippen LogP contribution >= 0.6 is 22.7 Å². The van der Waals surface area contributed by atoms with Gasteiger partial charge in [-0.25, -0.2) is 0 Å². The summed E-state index contributed by atoms with van der Waals surface area (Å²) < 4.78 is 5.04. The fourth-order valence-corrected chi connectivity index (χ4v) is 8.18. The topological polar surface area (TPSA) is 47.6 Å². The Labute approximate surface area is 250 Å². The molecule has 0 aliphatic carbocycles. The number of benzene rings is 6. The van der Waals surface area contributed by atoms with E-state index in [4.69, 9.17) is 0 Å². The van der Waals surface area contributed by atoms with E-state index in [0.29, 0.717) is 16.7 Å². The molecule has 0 N–H and O–H groups in total. The van der Waals surface area contributed by atoms with Gasteiger partial charge in [0.05, 0.1) is 23.3 Å². The van der Waals surface area contributed by atoms with Crippen LogP contribution in [0.25, 0.3) is 73.7 Å². The van der Waals surface area contributed by atoms with Gasteiger partial charge in [0.2, 0.25) is 0 Å². The highest BCUT2D eigenvalue weighted by atomic mass is 32.1. The van der Waals surface area contributed by atoms with Gasteiger partial charge in [-0.05, 0) is 82.4 Å². The molecule has 0 saturated heterocycles. The van der Waals surface area contributed by atoms with Crippen molar-refractivity contribution in [1.82, 2.24) is 0 Å². The van der Waals surface area contributed by atoms with Gasteiger partial charge >= 0.3 is 0 Å². The molecule has 0 radical (unpaired) electrons. The van der Waals surface area contributed by atoms with Crippen LogP contribution in [0.3, 0.4) is 0 Å². The van der Waals surface area contributed by atoms with Gasteiger partial charge in [-0.15, -0.1) is 22.7 Å². The zero-order valence-corrected chi connectivity index (χ0v) is 23.9. The zero-order valence-electron chi connectivity index (χ0n) is 22.3. The van der Waals surface area contributed by atoms with Crippen LogP contribution in [0.4, 0.5) is 0 Å². The highest BCUT2D eigenvalue weighted by Gasteiger charge is 2.18. The van der Waals surface area contributed by atoms with Crippen LogP contribution in [0.5, 0.6) is 0 Å². The van der Waals surface area contributed by atoms with E-state index in [-0.39, 0.29) is 0 Å². The van der Waals surface area contributed by atoms with Gasteiger partial charge in [0, 0.05) is 45.9 Å². The van der Waals surface area contributed by atoms with E-state index in [1.165, 1.54) is 40.3 Å². The van der Waals surface area contributed by atoms with E-state index >= 15 is 0 Å². The van der Waals surface area contributed by atoms with Gasteiger partial charge < -0.3 is 0 Å². The normalized spacial score (nSPS) is 11.3. The molecule has 42 heavy (non-hydrogen) atoms. The van der Waals surface area contributed by atoms with Gasteiger partial charge in [0.1, 0.15) is 0 Å². The molecule has 4 heteroatoms. The first-order chi connectivity index (χ1) is 20.7. The Morgan fingerprint density at radius 1 is 0.405 bits per heavy atom. The van der Waals surface area contributed by atoms with Crippen molar-refractivity contribution in [3.05, 3.63) is 132 Å². The minimum atomic E-state index is 0.494. The van der Waals surface area contributed by atoms with Crippen molar-refractivity contribution in [3.8, 4) is 45.5 Å². The Balaban J connectivity index is 1.39. The molecule has 0 amide bonds. The average molecular weight is 569 g/mol. The molecule has 8 aromatic rings. The number of rotatable bonds is 3. The standard InChI is InChI=1S/C38H20N2S2/c39-21-26-6-5-7-27(22-40)38(26)33-19-23(24-13-16-36-31(18-24)29-8-1-3-10-34(29)41-36)12-15-28(33)25-14-17-37-32(20-25)30-9-2-4-11-35(30)42-37/h1-20H. The Morgan fingerprint density at radius 3 is 1.52 bits per heavy atom. The number of hydrogen-bond acceptors (Lipinski definition) is 4. The molecule has 0 aliphatic heterocycles. The molecule has 0 aliphatic rings. The lowest BCUT2D eigenvalue weighted by molar-refractivity contribution is 1.44. The molecule has 6 aromatic carbocycles. The molecule has 8 rings (SSSR count). The van der Waals surface area contributed by atoms with Crippen molar-refractivity contribution in [2.24, 2.45) is 0 Å². The van der Waals surface area contributed by atoms with Crippen LogP contribution < -0.4 is 0 Å². The Hall–Kier alpha value is -5.26. The summed E-state index contributed by atoms with van der Waals surface area (Å²) in [5, 5.41) is 25.2. The number of nitriles is 2. The minimum Gasteiger partial charge on any atom is -0.192 e. The van der Waals surface area contributed by atoms with Crippen molar-refractivity contribution in [1.29, 1.82) is 10.5 Å². The summed E-state index contributed by atoms with van der Waals surface area (Å²) in [6.45, 7) is 0. The summed E-state index contributed by atoms with van der Waals surface area (Å²) in [5.41, 5.74) is 6.76. The molecule has 194 valence electrons. The second-order valence-electron chi connectivity index (χ2n) is 10.3. The maximum atomic E-state index is 10.1. The van der Waals surface area contributed by atoms with Gasteiger partial charge in [0.15, 0.2) is 0 Å². The number of hydrogen-bond donors (Lipinski definition) is 0. The summed E-state index contributed by atoms with van der Waals surface area (Å²) in [5.74, 6) is 0. The second-order valence-corrected chi connectivity index (χ2v) is 12.5. The fraction of sp³-hybridized carbons (Fsp3) is 0. The van der Waals surface area contributed by atoms with Crippen LogP contribution in [-0.4, -0.2) is 0 Å². The van der Waals surface area contributed by atoms with Crippen molar-refractivity contribution in [3.63, 3.8) is 0 Å². The maximum absolute atomic E-state index is 10.1. The Morgan fingerprint density at radius 2 is 0.905 bits per heavy atom. The predicted octanol–water partition coefficient (Wildman–Crippen LogP) is 11.2. The van der Waals surface area contributed by atoms with Crippen LogP contribution in [0.1, 0.15) is 11.1 Å². The van der Waals surface area contributed by atoms with Gasteiger partial charge in [-0.3, -0.25) is 0 Å². The summed E-state index contributed by atoms with van der Waals surface area (Å²) in [4.78, 5) is 0. The van der Waals surface area contributed by atoms with E-state index in [1.54, 1.807) is 40.9 Å². The summed E-state index contributed by atoms with van der Waals surface area (Å²) in [6, 6.07) is 46.8. The highest BCUT2D eigenvalue weighted by Crippen LogP contribution is 2.43. The molecule has 0 spiro atoms. The highest BCUT2D eigenvalue weighted by molar-refractivity contribution is 7.26. The summed E-state index contributed by atoms with van der Waals surface area (Å²) in [6.07, 6.45) is 0. The molecule has 2 aromatic heterocycles. The van der Waals surface area contributed by atoms with E-state index < -0.39 is 0 Å². The quantitative estimate of drug-likeness (QED) is 0.213. The third-order valence-corrected chi connectivity index (χ3v) is 10.3. The zero-order chi connectivity index (χ0) is 28.2. The molecule has 0 fully saturated rings. The van der Waals surface area contributed by atoms with Crippen molar-refractivity contribution >= 4 is 63.0 Å². The second kappa shape index (κ2) is 9.68. The molecule has 0 unspecified atom stereocenters. The predicted molar refractivity (Wildman–Crippen MR) is 178 cm³/mol. The molecule has 0 atom stereocenters. The molecule has 2 heterocycles. The fourth-order valence-electron chi connectivity index (χ4n) is 6.01. The van der Waals surface area contributed by atoms with E-state index in [9.17, 15) is 10.5 Å². The van der Waals surface area contributed by atoms with E-state index in [0.717, 1.165) is 27.8 Å². The van der Waals surface area contributed by atoms with Crippen LogP contribution in [0, 0.1) is 22.7 Å². The molecule has 0 bridgehead atoms. The first-order valence-corrected chi connectivity index (χ1v) is 15.3. The number of fused-ring (bicyclic) bond motifs is 6. The molecule has 2 nitrogen and oxygen atoms in total. The lowest BCUT2D eigenvalue weighted by atomic mass is 9.86. The maximum Gasteiger partial charge on any atom is 0.0998 e. The third kappa shape index (κ3) is 3.82. The average Bonchev–Trinajstić information content (AvgIpc) is 3.61. The Kier molecular flexibility index (Phi) is 5.66. The summed E-state index contributed by atoms with van der Waals surface area (Å²) >= 11 is 3.60. The molecular weight excluding hydrogens is 549 g/mol. The van der Waals surface area contributed by atoms with Crippen LogP contribution in [0.2, 0.25) is 0 Å². The molecular formula is C38H20N2S2. The van der Waals surface area contributed by atoms with Crippen molar-refractivity contribution < 1.29 is 0 Å². The minimum absolute atomic E-state index is 0.494. The molecule has 0 saturated carbocycles. The summed E-state index contributed by atoms with van der Waals surface area (Å²) in [7, 11) is 0. The largest absolute Gasteiger partial charge is 0.192 e. The number of nitrogens with zero attached hydrogens (tertiary/aromatic N) is 2. The van der Waals surface area contributed by atoms with E-state index in [1.807, 2.05) is 0 Å². The lowest BCUT2D eigenvalue weighted by Gasteiger charge is -2.16. The van der Waals surface area contributed by atoms with Crippen molar-refractivity contribution in [2.75, 3.05) is 0 Å². The van der Waals surface area contributed by atoms with Gasteiger partial charge in [0.25, 0.3) is 0 Å². The van der Waals surface area contributed by atoms with Crippen LogP contribution in [0.15, 0.2) is 121 Å².